The molecule has 0 spiro atoms. The minimum atomic E-state index is -0.270. The van der Waals surface area contributed by atoms with Gasteiger partial charge in [0.2, 0.25) is 0 Å². The van der Waals surface area contributed by atoms with E-state index in [9.17, 15) is 42.1 Å². The first-order valence-electron chi connectivity index (χ1n) is 15.6. The molecule has 0 atom stereocenters. The van der Waals surface area contributed by atoms with Crippen LogP contribution >= 0.6 is 0 Å². The second-order valence-electron chi connectivity index (χ2n) is 11.6. The van der Waals surface area contributed by atoms with E-state index in [1.54, 1.807) is 0 Å². The first-order chi connectivity index (χ1) is 27.3. The number of nitrogens with one attached hydrogen (secondary N) is 2. The van der Waals surface area contributed by atoms with Crippen molar-refractivity contribution in [2.45, 2.75) is 0 Å². The van der Waals surface area contributed by atoms with Gasteiger partial charge in [-0.05, 0) is 24.3 Å². The van der Waals surface area contributed by atoms with Crippen LogP contribution in [0.1, 0.15) is 45.6 Å². The highest BCUT2D eigenvalue weighted by atomic mass is 15.0. The molecule has 7 aromatic heterocycles. The summed E-state index contributed by atoms with van der Waals surface area (Å²) in [5, 5.41) is 78.5. The Bertz CT molecular complexity index is 3130. The molecule has 2 N–H and O–H groups in total. The Labute approximate surface area is 309 Å². The molecule has 8 bridgehead atoms. The fourth-order valence-corrected chi connectivity index (χ4v) is 6.20. The van der Waals surface area contributed by atoms with Crippen LogP contribution in [0.5, 0.6) is 0 Å². The molecule has 0 unspecified atom stereocenters. The van der Waals surface area contributed by atoms with Gasteiger partial charge in [0.25, 0.3) is 0 Å². The van der Waals surface area contributed by atoms with E-state index in [2.05, 4.69) is 49.8 Å². The van der Waals surface area contributed by atoms with E-state index in [-0.39, 0.29) is 135 Å². The molecule has 0 radical (unpaired) electrons. The van der Waals surface area contributed by atoms with E-state index >= 15 is 0 Å². The van der Waals surface area contributed by atoms with Crippen molar-refractivity contribution in [1.82, 2.24) is 59.8 Å². The zero-order valence-electron chi connectivity index (χ0n) is 27.4. The summed E-state index contributed by atoms with van der Waals surface area (Å²) in [6.07, 6.45) is 0. The lowest BCUT2D eigenvalue weighted by Crippen LogP contribution is -1.98. The summed E-state index contributed by atoms with van der Waals surface area (Å²) in [5.41, 5.74) is 0.230. The van der Waals surface area contributed by atoms with E-state index < -0.39 is 0 Å². The van der Waals surface area contributed by atoms with Crippen LogP contribution in [0.2, 0.25) is 0 Å². The molecule has 0 aliphatic carbocycles. The predicted molar refractivity (Wildman–Crippen MR) is 185 cm³/mol. The molecule has 0 saturated carbocycles. The zero-order chi connectivity index (χ0) is 38.8. The van der Waals surface area contributed by atoms with Crippen molar-refractivity contribution < 1.29 is 0 Å². The van der Waals surface area contributed by atoms with Gasteiger partial charge in [-0.25, -0.2) is 49.8 Å². The summed E-state index contributed by atoms with van der Waals surface area (Å²) in [6.45, 7) is 0. The lowest BCUT2D eigenvalue weighted by atomic mass is 10.2. The summed E-state index contributed by atoms with van der Waals surface area (Å²) in [7, 11) is 0. The van der Waals surface area contributed by atoms with Crippen molar-refractivity contribution in [3.63, 3.8) is 0 Å². The number of hydrogen-bond acceptors (Lipinski definition) is 18. The van der Waals surface area contributed by atoms with Crippen LogP contribution in [0, 0.1) is 90.6 Å². The van der Waals surface area contributed by atoms with Crippen molar-refractivity contribution >= 4 is 44.1 Å². The number of aromatic amines is 2. The largest absolute Gasteiger partial charge is 0.352 e. The van der Waals surface area contributed by atoms with Crippen molar-refractivity contribution in [1.29, 1.82) is 42.1 Å². The number of H-pyrrole nitrogens is 2. The van der Waals surface area contributed by atoms with Crippen molar-refractivity contribution in [3.05, 3.63) is 69.8 Å². The van der Waals surface area contributed by atoms with Gasteiger partial charge in [-0.15, -0.1) is 0 Å². The van der Waals surface area contributed by atoms with Gasteiger partial charge in [-0.2, -0.15) is 42.1 Å². The number of aromatic nitrogens is 12. The Kier molecular flexibility index (Phi) is 6.66. The van der Waals surface area contributed by atoms with E-state index in [0.717, 1.165) is 0 Å². The lowest BCUT2D eigenvalue weighted by molar-refractivity contribution is 1.15. The van der Waals surface area contributed by atoms with Crippen LogP contribution in [0.25, 0.3) is 89.7 Å². The van der Waals surface area contributed by atoms with Crippen molar-refractivity contribution in [2.24, 2.45) is 0 Å². The quantitative estimate of drug-likeness (QED) is 0.227. The van der Waals surface area contributed by atoms with E-state index in [1.165, 1.54) is 24.3 Å². The van der Waals surface area contributed by atoms with Crippen LogP contribution in [-0.2, 0) is 0 Å². The maximum absolute atomic E-state index is 9.82. The topological polar surface area (TPSA) is 351 Å². The van der Waals surface area contributed by atoms with Crippen molar-refractivity contribution in [2.75, 3.05) is 0 Å². The normalized spacial score (nSPS) is 10.7. The van der Waals surface area contributed by atoms with Gasteiger partial charge >= 0.3 is 0 Å². The molecular weight excluding hydrogens is 713 g/mol. The number of nitrogens with zero attached hydrogens (tertiary/aromatic N) is 18. The van der Waals surface area contributed by atoms with E-state index in [1.807, 2.05) is 48.6 Å². The van der Waals surface area contributed by atoms with Gasteiger partial charge < -0.3 is 9.97 Å². The third kappa shape index (κ3) is 4.50. The highest BCUT2D eigenvalue weighted by Crippen LogP contribution is 2.38. The summed E-state index contributed by atoms with van der Waals surface area (Å²) in [6, 6.07) is 21.0. The van der Waals surface area contributed by atoms with Gasteiger partial charge in [0.05, 0.1) is 44.8 Å². The molecule has 0 aromatic carbocycles. The van der Waals surface area contributed by atoms with Gasteiger partial charge in [0.15, 0.2) is 45.6 Å². The van der Waals surface area contributed by atoms with E-state index in [4.69, 9.17) is 9.97 Å². The average molecular weight is 719 g/mol. The maximum Gasteiger partial charge on any atom is 0.177 e. The van der Waals surface area contributed by atoms with Gasteiger partial charge in [-0.3, -0.25) is 0 Å². The van der Waals surface area contributed by atoms with Gasteiger partial charge in [0, 0.05) is 0 Å². The molecule has 0 amide bonds. The van der Waals surface area contributed by atoms with Gasteiger partial charge in [-0.1, -0.05) is 0 Å². The molecule has 2 aliphatic heterocycles. The third-order valence-electron chi connectivity index (χ3n) is 8.57. The smallest absolute Gasteiger partial charge is 0.177 e. The zero-order valence-corrected chi connectivity index (χ0v) is 27.4. The highest BCUT2D eigenvalue weighted by Gasteiger charge is 2.27. The fourth-order valence-electron chi connectivity index (χ4n) is 6.20. The van der Waals surface area contributed by atoms with Crippen LogP contribution in [0.4, 0.5) is 0 Å². The lowest BCUT2D eigenvalue weighted by Gasteiger charge is -2.00. The summed E-state index contributed by atoms with van der Waals surface area (Å²) >= 11 is 0. The van der Waals surface area contributed by atoms with Crippen LogP contribution in [-0.4, -0.2) is 59.8 Å². The standard InChI is InChI=1S/C36H6N20/c37-5-21-23(7-39)51-31-15-2-17-33-35(55-27(11-43)25(9-41)53-33)19(47-17)4-20-36-34(54-26(10-42)28(12-44)56-36)18(48-20)3-16-32-30(50-22(6-38)24(8-40)52-32)14(46-16)1-13(45-15)29(31)49-21/h1-4,45,48H. The Morgan fingerprint density at radius 1 is 0.286 bits per heavy atom. The van der Waals surface area contributed by atoms with Crippen LogP contribution in [0.15, 0.2) is 24.3 Å². The molecule has 0 fully saturated rings. The molecule has 56 heavy (non-hydrogen) atoms. The molecule has 0 saturated heterocycles. The Balaban J connectivity index is 1.54. The summed E-state index contributed by atoms with van der Waals surface area (Å²) in [4.78, 5) is 51.2. The molecule has 9 rings (SSSR count). The second kappa shape index (κ2) is 11.7. The van der Waals surface area contributed by atoms with Crippen molar-refractivity contribution in [3.8, 4) is 94.1 Å². The summed E-state index contributed by atoms with van der Waals surface area (Å²) in [5.74, 6) is 0. The van der Waals surface area contributed by atoms with Crippen LogP contribution in [0.3, 0.4) is 0 Å². The first kappa shape index (κ1) is 31.8. The second-order valence-corrected chi connectivity index (χ2v) is 11.6. The molecule has 250 valence electrons. The number of hydrogen-bond donors (Lipinski definition) is 2. The monoisotopic (exact) mass is 718 g/mol. The number of fused-ring (bicyclic) bond motifs is 20. The third-order valence-corrected chi connectivity index (χ3v) is 8.57. The average Bonchev–Trinajstić information content (AvgIpc) is 3.95. The minimum absolute atomic E-state index is 0.102. The number of nitriles is 8. The highest BCUT2D eigenvalue weighted by molar-refractivity contribution is 6.06. The minimum Gasteiger partial charge on any atom is -0.352 e. The first-order valence-corrected chi connectivity index (χ1v) is 15.6. The predicted octanol–water partition coefficient (Wildman–Crippen LogP) is 3.42. The molecule has 20 heteroatoms. The molecule has 20 nitrogen and oxygen atoms in total. The molecule has 2 aliphatic rings. The summed E-state index contributed by atoms with van der Waals surface area (Å²) < 4.78 is 0. The molecule has 9 heterocycles. The SMILES string of the molecule is N#Cc1nc2c(nc1C#N)-c1cc3[nH]c(cc4nc(cc5[nH]c(cc-2n1)c1nc(C#N)c(C#N)nc51)-c1nc(C#N)c(C#N)nc1-4)c1nc(C#N)c(C#N)nc31. The maximum atomic E-state index is 9.82. The van der Waals surface area contributed by atoms with Gasteiger partial charge in [0.1, 0.15) is 93.4 Å². The van der Waals surface area contributed by atoms with E-state index in [0.29, 0.717) is 0 Å². The number of rotatable bonds is 0. The van der Waals surface area contributed by atoms with Crippen LogP contribution < -0.4 is 0 Å². The molecule has 7 aromatic rings. The molecular formula is C36H6N20. The Morgan fingerprint density at radius 2 is 0.482 bits per heavy atom. The fraction of sp³-hybridized carbons (Fsp3) is 0. The Hall–Kier alpha value is -10.1. The Morgan fingerprint density at radius 3 is 0.679 bits per heavy atom.